The molecule has 0 atom stereocenters. The van der Waals surface area contributed by atoms with E-state index in [-0.39, 0.29) is 11.6 Å². The fourth-order valence-corrected chi connectivity index (χ4v) is 14.3. The Morgan fingerprint density at radius 1 is 0.318 bits per heavy atom. The first kappa shape index (κ1) is 51.0. The van der Waals surface area contributed by atoms with Crippen LogP contribution in [0.5, 0.6) is 0 Å². The molecule has 2 aliphatic rings. The minimum atomic E-state index is -0.965. The maximum absolute atomic E-state index is 15.6. The fraction of sp³-hybridized carbons (Fsp3) is 0.0122. The van der Waals surface area contributed by atoms with Crippen molar-refractivity contribution in [2.24, 2.45) is 0 Å². The van der Waals surface area contributed by atoms with E-state index >= 15 is 8.78 Å². The number of hydrogen-bond donors (Lipinski definition) is 0. The number of benzene rings is 13. The highest BCUT2D eigenvalue weighted by Gasteiger charge is 2.54. The Kier molecular flexibility index (Phi) is 11.8. The first-order chi connectivity index (χ1) is 43.5. The Labute approximate surface area is 507 Å². The number of pyridine rings is 1. The highest BCUT2D eigenvalue weighted by molar-refractivity contribution is 6.23. The lowest BCUT2D eigenvalue weighted by Gasteiger charge is -2.34. The van der Waals surface area contributed by atoms with Gasteiger partial charge in [0.1, 0.15) is 28.6 Å². The van der Waals surface area contributed by atoms with Gasteiger partial charge in [0.05, 0.1) is 27.9 Å². The molecule has 15 aromatic rings. The fourth-order valence-electron chi connectivity index (χ4n) is 14.3. The van der Waals surface area contributed by atoms with Crippen molar-refractivity contribution in [3.05, 3.63) is 343 Å². The number of aromatic nitrogens is 1. The third-order valence-electron chi connectivity index (χ3n) is 18.0. The molecular formula is C82H51F2N3O. The molecule has 0 saturated heterocycles. The molecule has 88 heavy (non-hydrogen) atoms. The maximum atomic E-state index is 15.6. The average Bonchev–Trinajstić information content (AvgIpc) is 1.49. The minimum Gasteiger partial charge on any atom is -0.455 e. The van der Waals surface area contributed by atoms with Crippen LogP contribution in [0.1, 0.15) is 22.3 Å². The van der Waals surface area contributed by atoms with E-state index in [0.717, 1.165) is 150 Å². The van der Waals surface area contributed by atoms with Crippen molar-refractivity contribution in [1.82, 2.24) is 4.98 Å². The highest BCUT2D eigenvalue weighted by Crippen LogP contribution is 2.68. The highest BCUT2D eigenvalue weighted by atomic mass is 19.1. The Hall–Kier alpha value is -11.5. The van der Waals surface area contributed by atoms with Crippen LogP contribution in [0.2, 0.25) is 0 Å². The van der Waals surface area contributed by atoms with E-state index in [1.807, 2.05) is 72.9 Å². The summed E-state index contributed by atoms with van der Waals surface area (Å²) in [4.78, 5) is 10.1. The summed E-state index contributed by atoms with van der Waals surface area (Å²) in [6, 6.07) is 104. The van der Waals surface area contributed by atoms with E-state index in [2.05, 4.69) is 222 Å². The Morgan fingerprint density at radius 2 is 0.795 bits per heavy atom. The number of halogens is 2. The molecule has 0 N–H and O–H groups in total. The standard InChI is InChI=1S/C82H51F2N3O/c83-58-38-42-60(43-39-58)86(73-46-37-56(52-21-5-1-6-22-52)47-67(73)54-25-9-3-10-26-54)75-50-72-79(80-78(75)66-33-17-20-36-76(66)88-80)77-65-32-14-13-31-64(65)74(49-71(77)82(72)69-34-18-15-29-62(69)63-30-16-19-35-70(63)82)87(61-44-40-59(84)41-45-61)81-68(55-27-11-4-12-28-55)48-57(51-85-81)53-23-7-2-8-24-53/h1-51H. The van der Waals surface area contributed by atoms with E-state index in [1.165, 1.54) is 12.1 Å². The predicted molar refractivity (Wildman–Crippen MR) is 356 cm³/mol. The van der Waals surface area contributed by atoms with Crippen molar-refractivity contribution in [1.29, 1.82) is 0 Å². The lowest BCUT2D eigenvalue weighted by molar-refractivity contribution is 0.627. The topological polar surface area (TPSA) is 32.5 Å². The van der Waals surface area contributed by atoms with E-state index in [4.69, 9.17) is 9.40 Å². The van der Waals surface area contributed by atoms with Crippen LogP contribution in [-0.4, -0.2) is 4.98 Å². The molecule has 0 saturated carbocycles. The van der Waals surface area contributed by atoms with Crippen LogP contribution in [0.25, 0.3) is 99.5 Å². The zero-order chi connectivity index (χ0) is 58.5. The number of hydrogen-bond acceptors (Lipinski definition) is 4. The van der Waals surface area contributed by atoms with Crippen molar-refractivity contribution in [3.8, 4) is 66.8 Å². The summed E-state index contributed by atoms with van der Waals surface area (Å²) in [6.45, 7) is 0. The van der Waals surface area contributed by atoms with Gasteiger partial charge in [-0.2, -0.15) is 0 Å². The summed E-state index contributed by atoms with van der Waals surface area (Å²) in [5.41, 5.74) is 21.5. The molecule has 17 rings (SSSR count). The van der Waals surface area contributed by atoms with Crippen LogP contribution in [0.15, 0.2) is 314 Å². The normalized spacial score (nSPS) is 12.5. The molecule has 4 nitrogen and oxygen atoms in total. The lowest BCUT2D eigenvalue weighted by atomic mass is 9.70. The Morgan fingerprint density at radius 3 is 1.42 bits per heavy atom. The summed E-state index contributed by atoms with van der Waals surface area (Å²) in [5, 5.41) is 3.84. The summed E-state index contributed by atoms with van der Waals surface area (Å²) < 4.78 is 38.6. The average molecular weight is 1130 g/mol. The van der Waals surface area contributed by atoms with Crippen LogP contribution in [0.4, 0.5) is 43.0 Å². The first-order valence-corrected chi connectivity index (χ1v) is 29.7. The molecule has 414 valence electrons. The number of rotatable bonds is 10. The van der Waals surface area contributed by atoms with Crippen molar-refractivity contribution in [2.75, 3.05) is 9.80 Å². The van der Waals surface area contributed by atoms with Gasteiger partial charge in [-0.1, -0.05) is 218 Å². The lowest BCUT2D eigenvalue weighted by Crippen LogP contribution is -2.27. The Bertz CT molecular complexity index is 5180. The maximum Gasteiger partial charge on any atom is 0.145 e. The molecular weight excluding hydrogens is 1080 g/mol. The number of furan rings is 1. The van der Waals surface area contributed by atoms with Crippen molar-refractivity contribution >= 4 is 67.0 Å². The molecule has 2 aromatic heterocycles. The predicted octanol–water partition coefficient (Wildman–Crippen LogP) is 22.4. The molecule has 0 bridgehead atoms. The van der Waals surface area contributed by atoms with Crippen LogP contribution in [0, 0.1) is 11.6 Å². The quantitative estimate of drug-likeness (QED) is 0.137. The largest absolute Gasteiger partial charge is 0.455 e. The van der Waals surface area contributed by atoms with Gasteiger partial charge in [0.15, 0.2) is 0 Å². The molecule has 0 radical (unpaired) electrons. The number of anilines is 6. The van der Waals surface area contributed by atoms with Gasteiger partial charge < -0.3 is 9.32 Å². The third kappa shape index (κ3) is 7.85. The molecule has 0 aliphatic heterocycles. The first-order valence-electron chi connectivity index (χ1n) is 29.7. The van der Waals surface area contributed by atoms with Gasteiger partial charge in [-0.3, -0.25) is 4.90 Å². The van der Waals surface area contributed by atoms with E-state index in [1.54, 1.807) is 12.1 Å². The van der Waals surface area contributed by atoms with Gasteiger partial charge in [0.25, 0.3) is 0 Å². The van der Waals surface area contributed by atoms with Crippen LogP contribution < -0.4 is 9.80 Å². The third-order valence-corrected chi connectivity index (χ3v) is 18.0. The molecule has 6 heteroatoms. The number of fused-ring (bicyclic) bond motifs is 16. The zero-order valence-corrected chi connectivity index (χ0v) is 47.5. The minimum absolute atomic E-state index is 0.330. The van der Waals surface area contributed by atoms with Crippen LogP contribution in [0.3, 0.4) is 0 Å². The summed E-state index contributed by atoms with van der Waals surface area (Å²) in [5.74, 6) is 0.0160. The van der Waals surface area contributed by atoms with Crippen molar-refractivity contribution in [3.63, 3.8) is 0 Å². The van der Waals surface area contributed by atoms with Crippen molar-refractivity contribution < 1.29 is 13.2 Å². The van der Waals surface area contributed by atoms with Gasteiger partial charge in [-0.05, 0) is 157 Å². The van der Waals surface area contributed by atoms with Crippen molar-refractivity contribution in [2.45, 2.75) is 5.41 Å². The number of nitrogens with zero attached hydrogens (tertiary/aromatic N) is 3. The van der Waals surface area contributed by atoms with E-state index in [9.17, 15) is 0 Å². The van der Waals surface area contributed by atoms with Gasteiger partial charge in [0, 0.05) is 50.6 Å². The molecule has 0 fully saturated rings. The SMILES string of the molecule is Fc1ccc(N(c2ncc(-c3ccccc3)cc2-c2ccccc2)c2cc3c(c4ccccc24)-c2c(cc(N(c4ccc(F)cc4)c4ccc(-c5ccccc5)cc4-c4ccccc4)c4c2oc2ccccc24)C32c3ccccc3-c3ccccc32)cc1. The van der Waals surface area contributed by atoms with Gasteiger partial charge in [-0.25, -0.2) is 13.8 Å². The Balaban J connectivity index is 1.02. The van der Waals surface area contributed by atoms with E-state index in [0.29, 0.717) is 5.82 Å². The summed E-state index contributed by atoms with van der Waals surface area (Å²) in [6.07, 6.45) is 1.95. The summed E-state index contributed by atoms with van der Waals surface area (Å²) >= 11 is 0. The van der Waals surface area contributed by atoms with Gasteiger partial charge >= 0.3 is 0 Å². The smallest absolute Gasteiger partial charge is 0.145 e. The zero-order valence-electron chi connectivity index (χ0n) is 47.5. The molecule has 0 unspecified atom stereocenters. The molecule has 2 aliphatic carbocycles. The van der Waals surface area contributed by atoms with Gasteiger partial charge in [-0.15, -0.1) is 0 Å². The second kappa shape index (κ2) is 20.4. The number of para-hydroxylation sites is 1. The van der Waals surface area contributed by atoms with Gasteiger partial charge in [0.2, 0.25) is 0 Å². The molecule has 0 amide bonds. The van der Waals surface area contributed by atoms with Crippen LogP contribution >= 0.6 is 0 Å². The second-order valence-electron chi connectivity index (χ2n) is 22.7. The molecule has 13 aromatic carbocycles. The summed E-state index contributed by atoms with van der Waals surface area (Å²) in [7, 11) is 0. The monoisotopic (exact) mass is 1130 g/mol. The van der Waals surface area contributed by atoms with E-state index < -0.39 is 5.41 Å². The van der Waals surface area contributed by atoms with Crippen LogP contribution in [-0.2, 0) is 5.41 Å². The molecule has 1 spiro atoms. The second-order valence-corrected chi connectivity index (χ2v) is 22.7. The molecule has 2 heterocycles.